The first-order valence-electron chi connectivity index (χ1n) is 9.68. The summed E-state index contributed by atoms with van der Waals surface area (Å²) >= 11 is 0. The third kappa shape index (κ3) is 4.80. The monoisotopic (exact) mass is 366 g/mol. The van der Waals surface area contributed by atoms with Crippen molar-refractivity contribution in [2.45, 2.75) is 52.1 Å². The van der Waals surface area contributed by atoms with Crippen LogP contribution >= 0.6 is 0 Å². The van der Waals surface area contributed by atoms with Crippen molar-refractivity contribution in [1.82, 2.24) is 30.6 Å². The molecule has 1 aliphatic rings. The van der Waals surface area contributed by atoms with Gasteiger partial charge in [0, 0.05) is 6.54 Å². The van der Waals surface area contributed by atoms with Crippen LogP contribution in [0.25, 0.3) is 11.6 Å². The Kier molecular flexibility index (Phi) is 5.29. The molecule has 1 atom stereocenters. The molecule has 142 valence electrons. The number of nitrogens with zero attached hydrogens (tertiary/aromatic N) is 4. The maximum atomic E-state index is 5.50. The molecule has 7 heteroatoms. The predicted molar refractivity (Wildman–Crippen MR) is 102 cm³/mol. The summed E-state index contributed by atoms with van der Waals surface area (Å²) in [6.45, 7) is 5.14. The van der Waals surface area contributed by atoms with Crippen LogP contribution in [0.4, 0.5) is 0 Å². The molecule has 3 aromatic rings. The van der Waals surface area contributed by atoms with Crippen molar-refractivity contribution in [3.63, 3.8) is 0 Å². The highest BCUT2D eigenvalue weighted by Crippen LogP contribution is 2.32. The molecule has 0 amide bonds. The molecule has 0 bridgehead atoms. The van der Waals surface area contributed by atoms with Gasteiger partial charge >= 0.3 is 0 Å². The molecule has 1 fully saturated rings. The molecule has 0 saturated heterocycles. The first-order chi connectivity index (χ1) is 13.2. The van der Waals surface area contributed by atoms with E-state index in [-0.39, 0.29) is 6.04 Å². The molecule has 7 nitrogen and oxygen atoms in total. The van der Waals surface area contributed by atoms with E-state index < -0.39 is 0 Å². The van der Waals surface area contributed by atoms with Crippen LogP contribution in [-0.2, 0) is 13.0 Å². The van der Waals surface area contributed by atoms with Crippen LogP contribution in [-0.4, -0.2) is 25.3 Å². The topological polar surface area (TPSA) is 92.5 Å². The zero-order valence-corrected chi connectivity index (χ0v) is 15.9. The second-order valence-corrected chi connectivity index (χ2v) is 7.82. The summed E-state index contributed by atoms with van der Waals surface area (Å²) in [6.07, 6.45) is 6.34. The molecule has 0 radical (unpaired) electrons. The van der Waals surface area contributed by atoms with Crippen molar-refractivity contribution in [1.29, 1.82) is 0 Å². The molecular weight excluding hydrogens is 340 g/mol. The zero-order valence-electron chi connectivity index (χ0n) is 15.9. The Labute approximate surface area is 159 Å². The summed E-state index contributed by atoms with van der Waals surface area (Å²) in [7, 11) is 0. The molecule has 4 rings (SSSR count). The highest BCUT2D eigenvalue weighted by Gasteiger charge is 2.22. The van der Waals surface area contributed by atoms with Crippen molar-refractivity contribution in [3.05, 3.63) is 47.6 Å². The van der Waals surface area contributed by atoms with E-state index in [1.165, 1.54) is 36.7 Å². The van der Waals surface area contributed by atoms with Crippen molar-refractivity contribution in [2.75, 3.05) is 0 Å². The third-order valence-corrected chi connectivity index (χ3v) is 4.87. The zero-order chi connectivity index (χ0) is 18.6. The van der Waals surface area contributed by atoms with Crippen molar-refractivity contribution in [3.8, 4) is 11.6 Å². The Morgan fingerprint density at radius 1 is 1.19 bits per heavy atom. The fraction of sp³-hybridized carbons (Fsp3) is 0.500. The number of aromatic amines is 1. The van der Waals surface area contributed by atoms with Gasteiger partial charge in [-0.1, -0.05) is 43.3 Å². The van der Waals surface area contributed by atoms with Gasteiger partial charge < -0.3 is 9.84 Å². The van der Waals surface area contributed by atoms with Gasteiger partial charge in [-0.05, 0) is 48.6 Å². The highest BCUT2D eigenvalue weighted by molar-refractivity contribution is 5.39. The molecule has 27 heavy (non-hydrogen) atoms. The number of hydrogen-bond donors (Lipinski definition) is 2. The normalized spacial score (nSPS) is 15.4. The van der Waals surface area contributed by atoms with Crippen LogP contribution in [0.2, 0.25) is 0 Å². The van der Waals surface area contributed by atoms with E-state index in [0.29, 0.717) is 23.5 Å². The fourth-order valence-corrected chi connectivity index (χ4v) is 3.22. The van der Waals surface area contributed by atoms with Crippen LogP contribution in [0.5, 0.6) is 0 Å². The largest absolute Gasteiger partial charge is 0.337 e. The smallest absolute Gasteiger partial charge is 0.244 e. The van der Waals surface area contributed by atoms with Crippen LogP contribution in [0.3, 0.4) is 0 Å². The lowest BCUT2D eigenvalue weighted by atomic mass is 10.0. The van der Waals surface area contributed by atoms with E-state index in [1.54, 1.807) is 0 Å². The van der Waals surface area contributed by atoms with Crippen LogP contribution < -0.4 is 5.32 Å². The van der Waals surface area contributed by atoms with Crippen molar-refractivity contribution >= 4 is 0 Å². The van der Waals surface area contributed by atoms with Gasteiger partial charge in [0.25, 0.3) is 0 Å². The van der Waals surface area contributed by atoms with Gasteiger partial charge in [0.2, 0.25) is 11.7 Å². The number of hydrogen-bond acceptors (Lipinski definition) is 6. The molecule has 2 heterocycles. The molecule has 2 aromatic heterocycles. The minimum Gasteiger partial charge on any atom is -0.337 e. The van der Waals surface area contributed by atoms with Gasteiger partial charge in [-0.15, -0.1) is 0 Å². The Bertz CT molecular complexity index is 836. The summed E-state index contributed by atoms with van der Waals surface area (Å²) < 4.78 is 5.50. The molecule has 0 spiro atoms. The summed E-state index contributed by atoms with van der Waals surface area (Å²) in [4.78, 5) is 8.57. The number of aromatic nitrogens is 5. The Morgan fingerprint density at radius 3 is 2.63 bits per heavy atom. The van der Waals surface area contributed by atoms with Crippen LogP contribution in [0.15, 0.2) is 35.1 Å². The predicted octanol–water partition coefficient (Wildman–Crippen LogP) is 3.68. The maximum Gasteiger partial charge on any atom is 0.244 e. The summed E-state index contributed by atoms with van der Waals surface area (Å²) in [5.74, 6) is 2.95. The quantitative estimate of drug-likeness (QED) is 0.600. The summed E-state index contributed by atoms with van der Waals surface area (Å²) in [5, 5.41) is 14.2. The van der Waals surface area contributed by atoms with Gasteiger partial charge in [-0.25, -0.2) is 4.98 Å². The molecule has 1 aromatic carbocycles. The van der Waals surface area contributed by atoms with E-state index in [2.05, 4.69) is 68.8 Å². The van der Waals surface area contributed by atoms with Gasteiger partial charge in [-0.3, -0.25) is 5.10 Å². The van der Waals surface area contributed by atoms with E-state index >= 15 is 0 Å². The molecule has 0 aliphatic heterocycles. The Hall–Kier alpha value is -2.54. The highest BCUT2D eigenvalue weighted by atomic mass is 16.5. The number of nitrogens with one attached hydrogen (secondary N) is 2. The van der Waals surface area contributed by atoms with E-state index in [9.17, 15) is 0 Å². The maximum absolute atomic E-state index is 5.50. The number of benzene rings is 1. The number of rotatable bonds is 9. The lowest BCUT2D eigenvalue weighted by Gasteiger charge is -2.17. The van der Waals surface area contributed by atoms with E-state index in [4.69, 9.17) is 4.52 Å². The van der Waals surface area contributed by atoms with E-state index in [1.807, 2.05) is 0 Å². The molecular formula is C20H26N6O. The van der Waals surface area contributed by atoms with Crippen molar-refractivity contribution < 1.29 is 4.52 Å². The standard InChI is InChI=1S/C20H26N6O/c1-13(2)9-17(20-24-19(26-27-20)18-22-12-23-25-18)21-11-16-7-5-15(6-8-16)10-14-3-4-14/h5-8,12-14,17,21H,3-4,9-11H2,1-2H3,(H,22,23,25). The minimum absolute atomic E-state index is 0.000289. The van der Waals surface area contributed by atoms with E-state index in [0.717, 1.165) is 18.9 Å². The number of H-pyrrole nitrogens is 1. The van der Waals surface area contributed by atoms with Crippen molar-refractivity contribution in [2.24, 2.45) is 11.8 Å². The van der Waals surface area contributed by atoms with Gasteiger partial charge in [0.1, 0.15) is 6.33 Å². The summed E-state index contributed by atoms with van der Waals surface area (Å²) in [6, 6.07) is 8.93. The minimum atomic E-state index is 0.000289. The SMILES string of the molecule is CC(C)CC(NCc1ccc(CC2CC2)cc1)c1nc(-c2ncn[nH]2)no1. The first kappa shape index (κ1) is 17.9. The molecule has 1 aliphatic carbocycles. The van der Waals surface area contributed by atoms with Gasteiger partial charge in [0.05, 0.1) is 6.04 Å². The Balaban J connectivity index is 1.41. The first-order valence-corrected chi connectivity index (χ1v) is 9.68. The van der Waals surface area contributed by atoms with Gasteiger partial charge in [-0.2, -0.15) is 10.1 Å². The van der Waals surface area contributed by atoms with Crippen LogP contribution in [0.1, 0.15) is 56.2 Å². The second kappa shape index (κ2) is 8.00. The second-order valence-electron chi connectivity index (χ2n) is 7.82. The molecule has 2 N–H and O–H groups in total. The lowest BCUT2D eigenvalue weighted by Crippen LogP contribution is -2.23. The molecule has 1 saturated carbocycles. The van der Waals surface area contributed by atoms with Gasteiger partial charge in [0.15, 0.2) is 5.82 Å². The average molecular weight is 366 g/mol. The fourth-order valence-electron chi connectivity index (χ4n) is 3.22. The summed E-state index contributed by atoms with van der Waals surface area (Å²) in [5.41, 5.74) is 2.70. The molecule has 1 unspecified atom stereocenters. The van der Waals surface area contributed by atoms with Crippen LogP contribution in [0, 0.1) is 11.8 Å². The lowest BCUT2D eigenvalue weighted by molar-refractivity contribution is 0.303. The third-order valence-electron chi connectivity index (χ3n) is 4.87. The average Bonchev–Trinajstić information content (AvgIpc) is 3.13. The Morgan fingerprint density at radius 2 is 1.96 bits per heavy atom.